The van der Waals surface area contributed by atoms with Crippen molar-refractivity contribution in [1.82, 2.24) is 5.43 Å². The lowest BCUT2D eigenvalue weighted by molar-refractivity contribution is 0.0954. The van der Waals surface area contributed by atoms with Crippen LogP contribution >= 0.6 is 23.2 Å². The fourth-order valence-corrected chi connectivity index (χ4v) is 2.69. The fourth-order valence-electron chi connectivity index (χ4n) is 2.19. The Kier molecular flexibility index (Phi) is 4.83. The van der Waals surface area contributed by atoms with Crippen LogP contribution in [0.2, 0.25) is 10.0 Å². The predicted molar refractivity (Wildman–Crippen MR) is 79.0 cm³/mol. The number of hydrogen-bond acceptors (Lipinski definition) is 2. The highest BCUT2D eigenvalue weighted by atomic mass is 35.5. The molecule has 1 amide bonds. The summed E-state index contributed by atoms with van der Waals surface area (Å²) >= 11 is 11.8. The van der Waals surface area contributed by atoms with Crippen molar-refractivity contribution in [3.8, 4) is 0 Å². The number of benzene rings is 1. The largest absolute Gasteiger partial charge is 0.272 e. The molecular formula is C14H16Cl2N2O. The standard InChI is InChI=1S/C14H16Cl2N2O/c1-9-4-2-3-5-13(9)17-18-14(19)11-7-6-10(15)8-12(11)16/h6-9H,2-5H2,1H3,(H,18,19)/b17-13+. The maximum absolute atomic E-state index is 12.0. The molecule has 3 nitrogen and oxygen atoms in total. The molecule has 0 spiro atoms. The van der Waals surface area contributed by atoms with Crippen molar-refractivity contribution < 1.29 is 4.79 Å². The second-order valence-electron chi connectivity index (χ2n) is 4.82. The van der Waals surface area contributed by atoms with Crippen LogP contribution in [0, 0.1) is 5.92 Å². The van der Waals surface area contributed by atoms with Gasteiger partial charge < -0.3 is 0 Å². The summed E-state index contributed by atoms with van der Waals surface area (Å²) in [5.41, 5.74) is 4.03. The van der Waals surface area contributed by atoms with Gasteiger partial charge in [-0.15, -0.1) is 0 Å². The number of hydrazone groups is 1. The van der Waals surface area contributed by atoms with Crippen molar-refractivity contribution in [2.45, 2.75) is 32.6 Å². The second kappa shape index (κ2) is 6.40. The van der Waals surface area contributed by atoms with Gasteiger partial charge in [0.25, 0.3) is 5.91 Å². The van der Waals surface area contributed by atoms with Crippen LogP contribution in [-0.4, -0.2) is 11.6 Å². The van der Waals surface area contributed by atoms with Gasteiger partial charge in [-0.05, 0) is 43.4 Å². The number of halogens is 2. The third-order valence-electron chi connectivity index (χ3n) is 3.37. The van der Waals surface area contributed by atoms with Gasteiger partial charge in [0, 0.05) is 10.7 Å². The average Bonchev–Trinajstić information content (AvgIpc) is 2.37. The second-order valence-corrected chi connectivity index (χ2v) is 5.66. The summed E-state index contributed by atoms with van der Waals surface area (Å²) in [5, 5.41) is 5.07. The van der Waals surface area contributed by atoms with Crippen molar-refractivity contribution in [3.63, 3.8) is 0 Å². The molecule has 0 radical (unpaired) electrons. The zero-order valence-corrected chi connectivity index (χ0v) is 12.3. The number of rotatable bonds is 2. The predicted octanol–water partition coefficient (Wildman–Crippen LogP) is 4.29. The summed E-state index contributed by atoms with van der Waals surface area (Å²) in [4.78, 5) is 12.0. The molecule has 1 aromatic carbocycles. The summed E-state index contributed by atoms with van der Waals surface area (Å²) in [5.74, 6) is 0.140. The normalized spacial score (nSPS) is 21.4. The summed E-state index contributed by atoms with van der Waals surface area (Å²) < 4.78 is 0. The zero-order valence-electron chi connectivity index (χ0n) is 10.7. The third-order valence-corrected chi connectivity index (χ3v) is 3.91. The van der Waals surface area contributed by atoms with Crippen molar-refractivity contribution in [3.05, 3.63) is 33.8 Å². The molecule has 1 aliphatic rings. The quantitative estimate of drug-likeness (QED) is 0.813. The average molecular weight is 299 g/mol. The van der Waals surface area contributed by atoms with E-state index in [2.05, 4.69) is 17.5 Å². The van der Waals surface area contributed by atoms with E-state index in [1.807, 2.05) is 0 Å². The third kappa shape index (κ3) is 3.71. The van der Waals surface area contributed by atoms with E-state index in [-0.39, 0.29) is 5.91 Å². The summed E-state index contributed by atoms with van der Waals surface area (Å²) in [7, 11) is 0. The Morgan fingerprint density at radius 2 is 2.16 bits per heavy atom. The molecule has 0 heterocycles. The summed E-state index contributed by atoms with van der Waals surface area (Å²) in [6, 6.07) is 4.79. The number of amides is 1. The number of carbonyl (C=O) groups is 1. The Morgan fingerprint density at radius 1 is 1.37 bits per heavy atom. The number of carbonyl (C=O) groups excluding carboxylic acids is 1. The smallest absolute Gasteiger partial charge is 0.267 e. The van der Waals surface area contributed by atoms with Gasteiger partial charge in [-0.2, -0.15) is 5.10 Å². The Labute approximate surface area is 123 Å². The molecule has 1 unspecified atom stereocenters. The Bertz CT molecular complexity index is 514. The van der Waals surface area contributed by atoms with E-state index in [1.54, 1.807) is 18.2 Å². The van der Waals surface area contributed by atoms with Crippen molar-refractivity contribution >= 4 is 34.8 Å². The van der Waals surface area contributed by atoms with E-state index in [4.69, 9.17) is 23.2 Å². The summed E-state index contributed by atoms with van der Waals surface area (Å²) in [6.45, 7) is 2.14. The van der Waals surface area contributed by atoms with Crippen LogP contribution in [0.4, 0.5) is 0 Å². The van der Waals surface area contributed by atoms with Crippen molar-refractivity contribution in [1.29, 1.82) is 0 Å². The lowest BCUT2D eigenvalue weighted by Gasteiger charge is -2.19. The van der Waals surface area contributed by atoms with E-state index in [0.29, 0.717) is 21.5 Å². The van der Waals surface area contributed by atoms with Gasteiger partial charge in [-0.25, -0.2) is 5.43 Å². The zero-order chi connectivity index (χ0) is 13.8. The van der Waals surface area contributed by atoms with E-state index >= 15 is 0 Å². The van der Waals surface area contributed by atoms with E-state index < -0.39 is 0 Å². The van der Waals surface area contributed by atoms with Gasteiger partial charge >= 0.3 is 0 Å². The minimum atomic E-state index is -0.299. The van der Waals surface area contributed by atoms with Gasteiger partial charge in [0.2, 0.25) is 0 Å². The van der Waals surface area contributed by atoms with Gasteiger partial charge in [0.1, 0.15) is 0 Å². The van der Waals surface area contributed by atoms with Crippen LogP contribution in [0.5, 0.6) is 0 Å². The molecule has 19 heavy (non-hydrogen) atoms. The molecule has 0 aliphatic heterocycles. The minimum absolute atomic E-state index is 0.299. The van der Waals surface area contributed by atoms with Crippen LogP contribution in [0.25, 0.3) is 0 Å². The Morgan fingerprint density at radius 3 is 2.84 bits per heavy atom. The van der Waals surface area contributed by atoms with Crippen molar-refractivity contribution in [2.75, 3.05) is 0 Å². The monoisotopic (exact) mass is 298 g/mol. The van der Waals surface area contributed by atoms with Crippen LogP contribution in [0.15, 0.2) is 23.3 Å². The SMILES string of the molecule is CC1CCCC/C1=N\NC(=O)c1ccc(Cl)cc1Cl. The molecule has 0 bridgehead atoms. The topological polar surface area (TPSA) is 41.5 Å². The number of nitrogens with zero attached hydrogens (tertiary/aromatic N) is 1. The van der Waals surface area contributed by atoms with Gasteiger partial charge in [0.05, 0.1) is 10.6 Å². The minimum Gasteiger partial charge on any atom is -0.267 e. The molecule has 1 atom stereocenters. The molecule has 0 saturated heterocycles. The first-order valence-electron chi connectivity index (χ1n) is 6.40. The Balaban J connectivity index is 2.06. The lowest BCUT2D eigenvalue weighted by Crippen LogP contribution is -2.24. The first-order valence-corrected chi connectivity index (χ1v) is 7.15. The van der Waals surface area contributed by atoms with Crippen LogP contribution < -0.4 is 5.43 Å². The molecular weight excluding hydrogens is 283 g/mol. The molecule has 1 aliphatic carbocycles. The maximum atomic E-state index is 12.0. The first-order chi connectivity index (χ1) is 9.08. The van der Waals surface area contributed by atoms with E-state index in [0.717, 1.165) is 25.0 Å². The van der Waals surface area contributed by atoms with Gasteiger partial charge in [0.15, 0.2) is 0 Å². The van der Waals surface area contributed by atoms with Crippen LogP contribution in [0.1, 0.15) is 43.0 Å². The highest BCUT2D eigenvalue weighted by Gasteiger charge is 2.17. The molecule has 1 N–H and O–H groups in total. The Hall–Kier alpha value is -1.06. The van der Waals surface area contributed by atoms with Gasteiger partial charge in [-0.1, -0.05) is 36.5 Å². The summed E-state index contributed by atoms with van der Waals surface area (Å²) in [6.07, 6.45) is 4.46. The lowest BCUT2D eigenvalue weighted by atomic mass is 9.89. The van der Waals surface area contributed by atoms with Crippen molar-refractivity contribution in [2.24, 2.45) is 11.0 Å². The molecule has 102 valence electrons. The van der Waals surface area contributed by atoms with Crippen LogP contribution in [-0.2, 0) is 0 Å². The molecule has 0 aromatic heterocycles. The molecule has 1 fully saturated rings. The van der Waals surface area contributed by atoms with E-state index in [1.165, 1.54) is 6.42 Å². The molecule has 1 aromatic rings. The first kappa shape index (κ1) is 14.4. The van der Waals surface area contributed by atoms with E-state index in [9.17, 15) is 4.79 Å². The number of hydrogen-bond donors (Lipinski definition) is 1. The van der Waals surface area contributed by atoms with Crippen LogP contribution in [0.3, 0.4) is 0 Å². The highest BCUT2D eigenvalue weighted by Crippen LogP contribution is 2.22. The molecule has 1 saturated carbocycles. The molecule has 2 rings (SSSR count). The maximum Gasteiger partial charge on any atom is 0.272 e. The molecule has 5 heteroatoms. The fraction of sp³-hybridized carbons (Fsp3) is 0.429. The van der Waals surface area contributed by atoms with Gasteiger partial charge in [-0.3, -0.25) is 4.79 Å². The number of nitrogens with one attached hydrogen (secondary N) is 1. The highest BCUT2D eigenvalue weighted by molar-refractivity contribution is 6.36.